The van der Waals surface area contributed by atoms with Crippen LogP contribution in [0.1, 0.15) is 35.3 Å². The molecule has 0 saturated heterocycles. The van der Waals surface area contributed by atoms with Crippen LogP contribution in [0.2, 0.25) is 0 Å². The molecule has 0 bridgehead atoms. The van der Waals surface area contributed by atoms with Crippen LogP contribution in [-0.2, 0) is 4.79 Å². The number of Topliss-reactive ketones (excluding diaryl/α,β-unsaturated/α-hetero) is 1. The van der Waals surface area contributed by atoms with Crippen molar-refractivity contribution in [2.45, 2.75) is 27.7 Å². The summed E-state index contributed by atoms with van der Waals surface area (Å²) in [6, 6.07) is 11.0. The van der Waals surface area contributed by atoms with Crippen LogP contribution in [0, 0.1) is 13.8 Å². The number of carbonyl (C=O) groups excluding carboxylic acids is 2. The normalized spacial score (nSPS) is 10.3. The average molecular weight is 355 g/mol. The van der Waals surface area contributed by atoms with E-state index in [1.54, 1.807) is 23.1 Å². The largest absolute Gasteiger partial charge is 0.493 e. The molecule has 2 rings (SSSR count). The Kier molecular flexibility index (Phi) is 6.39. The summed E-state index contributed by atoms with van der Waals surface area (Å²) < 4.78 is 10.9. The van der Waals surface area contributed by atoms with Crippen molar-refractivity contribution in [3.63, 3.8) is 0 Å². The van der Waals surface area contributed by atoms with Crippen LogP contribution in [0.3, 0.4) is 0 Å². The molecule has 0 aliphatic heterocycles. The van der Waals surface area contributed by atoms with E-state index in [0.717, 1.165) is 16.8 Å². The van der Waals surface area contributed by atoms with Crippen LogP contribution in [0.15, 0.2) is 36.4 Å². The fourth-order valence-corrected chi connectivity index (χ4v) is 2.71. The van der Waals surface area contributed by atoms with Gasteiger partial charge in [-0.3, -0.25) is 9.59 Å². The van der Waals surface area contributed by atoms with Crippen molar-refractivity contribution in [2.75, 3.05) is 25.2 Å². The number of hydrogen-bond acceptors (Lipinski definition) is 4. The summed E-state index contributed by atoms with van der Waals surface area (Å²) in [6.07, 6.45) is 0. The average Bonchev–Trinajstić information content (AvgIpc) is 2.63. The number of hydrogen-bond donors (Lipinski definition) is 0. The monoisotopic (exact) mass is 355 g/mol. The lowest BCUT2D eigenvalue weighted by Crippen LogP contribution is -2.35. The number of amides is 1. The predicted octanol–water partition coefficient (Wildman–Crippen LogP) is 3.95. The number of benzene rings is 2. The number of nitrogens with zero attached hydrogens (tertiary/aromatic N) is 1. The van der Waals surface area contributed by atoms with E-state index in [4.69, 9.17) is 9.47 Å². The first-order chi connectivity index (χ1) is 12.4. The molecule has 26 heavy (non-hydrogen) atoms. The zero-order valence-electron chi connectivity index (χ0n) is 16.0. The van der Waals surface area contributed by atoms with Crippen LogP contribution in [-0.4, -0.2) is 32.0 Å². The van der Waals surface area contributed by atoms with Gasteiger partial charge >= 0.3 is 0 Å². The molecular formula is C21H25NO4. The van der Waals surface area contributed by atoms with Gasteiger partial charge in [0, 0.05) is 17.8 Å². The first-order valence-electron chi connectivity index (χ1n) is 8.56. The molecule has 0 aliphatic rings. The minimum absolute atomic E-state index is 0.0574. The minimum atomic E-state index is -0.140. The molecule has 0 aliphatic carbocycles. The zero-order valence-corrected chi connectivity index (χ0v) is 16.0. The molecule has 2 aromatic carbocycles. The summed E-state index contributed by atoms with van der Waals surface area (Å²) in [7, 11) is 1.50. The number of ketones is 1. The van der Waals surface area contributed by atoms with Crippen molar-refractivity contribution < 1.29 is 19.1 Å². The third-order valence-electron chi connectivity index (χ3n) is 4.19. The number of carbonyl (C=O) groups is 2. The molecule has 5 heteroatoms. The molecule has 5 nitrogen and oxygen atoms in total. The van der Waals surface area contributed by atoms with Crippen LogP contribution < -0.4 is 14.4 Å². The summed E-state index contributed by atoms with van der Waals surface area (Å²) >= 11 is 0. The fourth-order valence-electron chi connectivity index (χ4n) is 2.71. The van der Waals surface area contributed by atoms with Gasteiger partial charge in [-0.25, -0.2) is 0 Å². The smallest absolute Gasteiger partial charge is 0.264 e. The highest BCUT2D eigenvalue weighted by Gasteiger charge is 2.18. The Hall–Kier alpha value is -2.82. The zero-order chi connectivity index (χ0) is 19.3. The van der Waals surface area contributed by atoms with Gasteiger partial charge in [0.25, 0.3) is 5.91 Å². The van der Waals surface area contributed by atoms with Crippen molar-refractivity contribution in [3.8, 4) is 11.5 Å². The lowest BCUT2D eigenvalue weighted by Gasteiger charge is -2.23. The highest BCUT2D eigenvalue weighted by Crippen LogP contribution is 2.28. The van der Waals surface area contributed by atoms with Crippen molar-refractivity contribution in [1.82, 2.24) is 0 Å². The number of anilines is 1. The van der Waals surface area contributed by atoms with Crippen LogP contribution >= 0.6 is 0 Å². The predicted molar refractivity (Wildman–Crippen MR) is 102 cm³/mol. The SMILES string of the molecule is CCN(C(=O)COc1ccc(C(C)=O)cc1OC)c1cc(C)ccc1C. The molecule has 0 aromatic heterocycles. The highest BCUT2D eigenvalue weighted by molar-refractivity contribution is 5.96. The minimum Gasteiger partial charge on any atom is -0.493 e. The van der Waals surface area contributed by atoms with Gasteiger partial charge in [0.2, 0.25) is 0 Å². The van der Waals surface area contributed by atoms with E-state index in [1.165, 1.54) is 14.0 Å². The van der Waals surface area contributed by atoms with Gasteiger partial charge in [0.05, 0.1) is 7.11 Å². The van der Waals surface area contributed by atoms with Gasteiger partial charge in [-0.1, -0.05) is 12.1 Å². The van der Waals surface area contributed by atoms with Gasteiger partial charge in [-0.15, -0.1) is 0 Å². The van der Waals surface area contributed by atoms with Crippen LogP contribution in [0.5, 0.6) is 11.5 Å². The standard InChI is InChI=1S/C21H25NO4/c1-6-22(18-11-14(2)7-8-15(18)3)21(24)13-26-19-10-9-17(16(4)23)12-20(19)25-5/h7-12H,6,13H2,1-5H3. The van der Waals surface area contributed by atoms with E-state index in [0.29, 0.717) is 23.6 Å². The van der Waals surface area contributed by atoms with Crippen molar-refractivity contribution in [1.29, 1.82) is 0 Å². The second kappa shape index (κ2) is 8.52. The van der Waals surface area contributed by atoms with E-state index < -0.39 is 0 Å². The van der Waals surface area contributed by atoms with Crippen molar-refractivity contribution in [2.24, 2.45) is 0 Å². The molecular weight excluding hydrogens is 330 g/mol. The van der Waals surface area contributed by atoms with E-state index in [-0.39, 0.29) is 18.3 Å². The molecule has 0 atom stereocenters. The summed E-state index contributed by atoms with van der Waals surface area (Å²) in [5, 5.41) is 0. The van der Waals surface area contributed by atoms with E-state index in [1.807, 2.05) is 39.0 Å². The van der Waals surface area contributed by atoms with E-state index in [2.05, 4.69) is 0 Å². The van der Waals surface area contributed by atoms with Crippen LogP contribution in [0.4, 0.5) is 5.69 Å². The molecule has 1 amide bonds. The Morgan fingerprint density at radius 1 is 1.04 bits per heavy atom. The third kappa shape index (κ3) is 4.42. The molecule has 0 spiro atoms. The molecule has 2 aromatic rings. The molecule has 138 valence electrons. The Labute approximate surface area is 154 Å². The molecule has 0 radical (unpaired) electrons. The lowest BCUT2D eigenvalue weighted by atomic mass is 10.1. The second-order valence-electron chi connectivity index (χ2n) is 6.14. The lowest BCUT2D eigenvalue weighted by molar-refractivity contribution is -0.120. The maximum atomic E-state index is 12.7. The first-order valence-corrected chi connectivity index (χ1v) is 8.56. The first kappa shape index (κ1) is 19.5. The molecule has 0 saturated carbocycles. The molecule has 0 unspecified atom stereocenters. The van der Waals surface area contributed by atoms with E-state index in [9.17, 15) is 9.59 Å². The highest BCUT2D eigenvalue weighted by atomic mass is 16.5. The quantitative estimate of drug-likeness (QED) is 0.706. The molecule has 0 fully saturated rings. The number of likely N-dealkylation sites (N-methyl/N-ethyl adjacent to an activating group) is 1. The second-order valence-corrected chi connectivity index (χ2v) is 6.14. The third-order valence-corrected chi connectivity index (χ3v) is 4.19. The maximum absolute atomic E-state index is 12.7. The van der Waals surface area contributed by atoms with Gasteiger partial charge in [0.15, 0.2) is 23.9 Å². The number of ether oxygens (including phenoxy) is 2. The Bertz CT molecular complexity index is 814. The van der Waals surface area contributed by atoms with Crippen molar-refractivity contribution in [3.05, 3.63) is 53.1 Å². The fraction of sp³-hybridized carbons (Fsp3) is 0.333. The summed E-state index contributed by atoms with van der Waals surface area (Å²) in [5.74, 6) is 0.667. The number of aryl methyl sites for hydroxylation is 2. The van der Waals surface area contributed by atoms with Gasteiger partial charge in [-0.05, 0) is 63.1 Å². The maximum Gasteiger partial charge on any atom is 0.264 e. The van der Waals surface area contributed by atoms with Crippen molar-refractivity contribution >= 4 is 17.4 Å². The number of rotatable bonds is 7. The van der Waals surface area contributed by atoms with Crippen LogP contribution in [0.25, 0.3) is 0 Å². The Morgan fingerprint density at radius 3 is 2.38 bits per heavy atom. The summed E-state index contributed by atoms with van der Waals surface area (Å²) in [6.45, 7) is 7.84. The molecule has 0 heterocycles. The summed E-state index contributed by atoms with van der Waals surface area (Å²) in [5.41, 5.74) is 3.56. The topological polar surface area (TPSA) is 55.8 Å². The number of methoxy groups -OCH3 is 1. The Morgan fingerprint density at radius 2 is 1.77 bits per heavy atom. The summed E-state index contributed by atoms with van der Waals surface area (Å²) in [4.78, 5) is 25.9. The van der Waals surface area contributed by atoms with Gasteiger partial charge < -0.3 is 14.4 Å². The van der Waals surface area contributed by atoms with Gasteiger partial charge in [-0.2, -0.15) is 0 Å². The van der Waals surface area contributed by atoms with E-state index >= 15 is 0 Å². The van der Waals surface area contributed by atoms with Gasteiger partial charge in [0.1, 0.15) is 0 Å². The molecule has 0 N–H and O–H groups in total. The Balaban J connectivity index is 2.16.